The Morgan fingerprint density at radius 1 is 0.973 bits per heavy atom. The summed E-state index contributed by atoms with van der Waals surface area (Å²) in [5, 5.41) is 0. The molecule has 200 valence electrons. The predicted molar refractivity (Wildman–Crippen MR) is 141 cm³/mol. The standard InChI is InChI=1S/C27H35N3O6S/c1-21(2)30(22-9-5-3-6-10-22)26(31)20-36-27(32)24-19-23(37(33,34)29-13-7-4-8-14-29)11-12-25(24)28-15-17-35-18-16-28/h3,5-6,9-12,19,21H,4,7-8,13-18,20H2,1-2H3. The van der Waals surface area contributed by atoms with E-state index in [1.165, 1.54) is 10.4 Å². The molecule has 0 saturated carbocycles. The normalized spacial score (nSPS) is 17.0. The van der Waals surface area contributed by atoms with Crippen LogP contribution in [0.4, 0.5) is 11.4 Å². The van der Waals surface area contributed by atoms with Crippen molar-refractivity contribution in [3.05, 3.63) is 54.1 Å². The number of esters is 1. The number of para-hydroxylation sites is 1. The molecule has 0 bridgehead atoms. The fraction of sp³-hybridized carbons (Fsp3) is 0.481. The third-order valence-corrected chi connectivity index (χ3v) is 8.53. The van der Waals surface area contributed by atoms with Crippen LogP contribution in [0.25, 0.3) is 0 Å². The number of hydrogen-bond acceptors (Lipinski definition) is 7. The topological polar surface area (TPSA) is 96.5 Å². The minimum Gasteiger partial charge on any atom is -0.452 e. The molecule has 2 aromatic carbocycles. The summed E-state index contributed by atoms with van der Waals surface area (Å²) in [7, 11) is -3.75. The van der Waals surface area contributed by atoms with Crippen molar-refractivity contribution in [2.24, 2.45) is 0 Å². The number of anilines is 2. The van der Waals surface area contributed by atoms with E-state index in [9.17, 15) is 18.0 Å². The van der Waals surface area contributed by atoms with Crippen LogP contribution < -0.4 is 9.80 Å². The zero-order valence-corrected chi connectivity index (χ0v) is 22.3. The van der Waals surface area contributed by atoms with Crippen LogP contribution in [-0.4, -0.2) is 76.6 Å². The lowest BCUT2D eigenvalue weighted by Crippen LogP contribution is -2.40. The highest BCUT2D eigenvalue weighted by molar-refractivity contribution is 7.89. The maximum absolute atomic E-state index is 13.3. The van der Waals surface area contributed by atoms with Gasteiger partial charge in [0.25, 0.3) is 5.91 Å². The Balaban J connectivity index is 1.59. The monoisotopic (exact) mass is 529 g/mol. The summed E-state index contributed by atoms with van der Waals surface area (Å²) in [5.41, 5.74) is 1.41. The van der Waals surface area contributed by atoms with E-state index < -0.39 is 22.6 Å². The van der Waals surface area contributed by atoms with Crippen molar-refractivity contribution in [2.75, 3.05) is 55.8 Å². The summed E-state index contributed by atoms with van der Waals surface area (Å²) >= 11 is 0. The van der Waals surface area contributed by atoms with Crippen molar-refractivity contribution in [3.8, 4) is 0 Å². The third kappa shape index (κ3) is 6.31. The molecule has 0 radical (unpaired) electrons. The number of morpholine rings is 1. The van der Waals surface area contributed by atoms with Crippen LogP contribution in [0.15, 0.2) is 53.4 Å². The molecule has 2 aliphatic heterocycles. The van der Waals surface area contributed by atoms with Gasteiger partial charge < -0.3 is 19.3 Å². The number of amides is 1. The summed E-state index contributed by atoms with van der Waals surface area (Å²) < 4.78 is 39.0. The Kier molecular flexibility index (Phi) is 8.83. The van der Waals surface area contributed by atoms with Gasteiger partial charge in [-0.15, -0.1) is 0 Å². The first-order chi connectivity index (χ1) is 17.8. The molecule has 4 rings (SSSR count). The zero-order valence-electron chi connectivity index (χ0n) is 21.5. The highest BCUT2D eigenvalue weighted by atomic mass is 32.2. The SMILES string of the molecule is CC(C)N(C(=O)COC(=O)c1cc(S(=O)(=O)N2CCCCC2)ccc1N1CCOCC1)c1ccccc1. The predicted octanol–water partition coefficient (Wildman–Crippen LogP) is 3.30. The van der Waals surface area contributed by atoms with Gasteiger partial charge in [0.15, 0.2) is 6.61 Å². The molecule has 0 spiro atoms. The van der Waals surface area contributed by atoms with Crippen molar-refractivity contribution in [3.63, 3.8) is 0 Å². The van der Waals surface area contributed by atoms with Crippen LogP contribution in [0.5, 0.6) is 0 Å². The summed E-state index contributed by atoms with van der Waals surface area (Å²) in [5.74, 6) is -1.10. The van der Waals surface area contributed by atoms with Crippen LogP contribution in [0.3, 0.4) is 0 Å². The Bertz CT molecular complexity index is 1190. The summed E-state index contributed by atoms with van der Waals surface area (Å²) in [6.45, 7) is 6.37. The molecule has 9 nitrogen and oxygen atoms in total. The third-order valence-electron chi connectivity index (χ3n) is 6.64. The molecule has 2 heterocycles. The van der Waals surface area contributed by atoms with Gasteiger partial charge in [-0.25, -0.2) is 13.2 Å². The molecule has 10 heteroatoms. The zero-order chi connectivity index (χ0) is 26.4. The van der Waals surface area contributed by atoms with Crippen molar-refractivity contribution >= 4 is 33.3 Å². The Morgan fingerprint density at radius 3 is 2.30 bits per heavy atom. The minimum atomic E-state index is -3.75. The maximum Gasteiger partial charge on any atom is 0.340 e. The van der Waals surface area contributed by atoms with Crippen molar-refractivity contribution < 1.29 is 27.5 Å². The van der Waals surface area contributed by atoms with Gasteiger partial charge in [0, 0.05) is 37.9 Å². The van der Waals surface area contributed by atoms with Gasteiger partial charge in [0.2, 0.25) is 10.0 Å². The second-order valence-electron chi connectivity index (χ2n) is 9.51. The number of rotatable bonds is 8. The van der Waals surface area contributed by atoms with Crippen molar-refractivity contribution in [1.82, 2.24) is 4.31 Å². The van der Waals surface area contributed by atoms with Crippen LogP contribution in [0.1, 0.15) is 43.5 Å². The number of carbonyl (C=O) groups is 2. The number of ether oxygens (including phenoxy) is 2. The molecule has 0 aromatic heterocycles. The number of sulfonamides is 1. The first kappa shape index (κ1) is 27.1. The average Bonchev–Trinajstić information content (AvgIpc) is 2.93. The van der Waals surface area contributed by atoms with Crippen LogP contribution >= 0.6 is 0 Å². The molecule has 37 heavy (non-hydrogen) atoms. The van der Waals surface area contributed by atoms with E-state index in [2.05, 4.69) is 0 Å². The molecule has 0 atom stereocenters. The van der Waals surface area contributed by atoms with Crippen molar-refractivity contribution in [2.45, 2.75) is 44.0 Å². The summed E-state index contributed by atoms with van der Waals surface area (Å²) in [6.07, 6.45) is 2.63. The lowest BCUT2D eigenvalue weighted by atomic mass is 10.1. The van der Waals surface area contributed by atoms with E-state index >= 15 is 0 Å². The van der Waals surface area contributed by atoms with Gasteiger partial charge in [-0.05, 0) is 57.0 Å². The number of benzene rings is 2. The molecule has 1 amide bonds. The first-order valence-corrected chi connectivity index (χ1v) is 14.2. The quantitative estimate of drug-likeness (QED) is 0.484. The Morgan fingerprint density at radius 2 is 1.65 bits per heavy atom. The number of carbonyl (C=O) groups excluding carboxylic acids is 2. The Hall–Kier alpha value is -2.95. The molecular formula is C27H35N3O6S. The number of nitrogens with zero attached hydrogens (tertiary/aromatic N) is 3. The van der Waals surface area contributed by atoms with E-state index in [0.717, 1.165) is 19.3 Å². The van der Waals surface area contributed by atoms with Crippen LogP contribution in [0.2, 0.25) is 0 Å². The minimum absolute atomic E-state index is 0.0535. The van der Waals surface area contributed by atoms with Gasteiger partial charge in [-0.1, -0.05) is 24.6 Å². The lowest BCUT2D eigenvalue weighted by molar-refractivity contribution is -0.122. The van der Waals surface area contributed by atoms with Gasteiger partial charge >= 0.3 is 5.97 Å². The molecule has 0 unspecified atom stereocenters. The van der Waals surface area contributed by atoms with Gasteiger partial charge in [-0.2, -0.15) is 4.31 Å². The highest BCUT2D eigenvalue weighted by Gasteiger charge is 2.29. The molecule has 2 saturated heterocycles. The largest absolute Gasteiger partial charge is 0.452 e. The van der Waals surface area contributed by atoms with Crippen LogP contribution in [0, 0.1) is 0 Å². The van der Waals surface area contributed by atoms with Gasteiger partial charge in [0.05, 0.1) is 29.4 Å². The summed E-state index contributed by atoms with van der Waals surface area (Å²) in [6, 6.07) is 13.6. The summed E-state index contributed by atoms with van der Waals surface area (Å²) in [4.78, 5) is 30.0. The molecule has 2 aromatic rings. The van der Waals surface area contributed by atoms with E-state index in [4.69, 9.17) is 9.47 Å². The fourth-order valence-corrected chi connectivity index (χ4v) is 6.31. The van der Waals surface area contributed by atoms with Crippen molar-refractivity contribution in [1.29, 1.82) is 0 Å². The second kappa shape index (κ2) is 12.1. The molecule has 0 aliphatic carbocycles. The van der Waals surface area contributed by atoms with Crippen LogP contribution in [-0.2, 0) is 24.3 Å². The number of piperidine rings is 1. The molecule has 2 fully saturated rings. The molecular weight excluding hydrogens is 494 g/mol. The first-order valence-electron chi connectivity index (χ1n) is 12.8. The van der Waals surface area contributed by atoms with E-state index in [1.807, 2.05) is 49.1 Å². The molecule has 0 N–H and O–H groups in total. The average molecular weight is 530 g/mol. The smallest absolute Gasteiger partial charge is 0.340 e. The van der Waals surface area contributed by atoms with Gasteiger partial charge in [-0.3, -0.25) is 4.79 Å². The highest BCUT2D eigenvalue weighted by Crippen LogP contribution is 2.29. The van der Waals surface area contributed by atoms with E-state index in [-0.39, 0.29) is 22.4 Å². The van der Waals surface area contributed by atoms with Gasteiger partial charge in [0.1, 0.15) is 0 Å². The lowest BCUT2D eigenvalue weighted by Gasteiger charge is -2.31. The number of hydrogen-bond donors (Lipinski definition) is 0. The fourth-order valence-electron chi connectivity index (χ4n) is 4.77. The van der Waals surface area contributed by atoms with E-state index in [1.54, 1.807) is 17.0 Å². The Labute approximate surface area is 219 Å². The maximum atomic E-state index is 13.3. The molecule has 2 aliphatic rings. The van der Waals surface area contributed by atoms with E-state index in [0.29, 0.717) is 50.8 Å². The second-order valence-corrected chi connectivity index (χ2v) is 11.5.